The predicted molar refractivity (Wildman–Crippen MR) is 71.9 cm³/mol. The quantitative estimate of drug-likeness (QED) is 0.801. The summed E-state index contributed by atoms with van der Waals surface area (Å²) in [6.45, 7) is 2.09. The van der Waals surface area contributed by atoms with Gasteiger partial charge < -0.3 is 10.1 Å². The van der Waals surface area contributed by atoms with Crippen LogP contribution in [0.4, 0.5) is 4.79 Å². The Morgan fingerprint density at radius 1 is 1.68 bits per heavy atom. The number of ether oxygens (including phenoxy) is 1. The lowest BCUT2D eigenvalue weighted by atomic mass is 9.90. The summed E-state index contributed by atoms with van der Waals surface area (Å²) in [5, 5.41) is 3.54. The minimum atomic E-state index is -0.725. The largest absolute Gasteiger partial charge is 0.468 e. The van der Waals surface area contributed by atoms with Crippen LogP contribution in [0.5, 0.6) is 5.75 Å². The van der Waals surface area contributed by atoms with E-state index in [9.17, 15) is 4.79 Å². The maximum absolute atomic E-state index is 12.1. The number of rotatable bonds is 1. The molecule has 4 nitrogen and oxygen atoms in total. The number of hydrogen-bond acceptors (Lipinski definition) is 2. The molecule has 19 heavy (non-hydrogen) atoms. The van der Waals surface area contributed by atoms with Crippen LogP contribution in [0.25, 0.3) is 0 Å². The predicted octanol–water partition coefficient (Wildman–Crippen LogP) is 2.54. The summed E-state index contributed by atoms with van der Waals surface area (Å²) in [5.41, 5.74) is 0.118. The molecule has 5 heteroatoms. The zero-order valence-electron chi connectivity index (χ0n) is 10.4. The van der Waals surface area contributed by atoms with Crippen molar-refractivity contribution in [2.24, 2.45) is 0 Å². The smallest absolute Gasteiger partial charge is 0.321 e. The zero-order valence-corrected chi connectivity index (χ0v) is 11.2. The molecule has 1 saturated heterocycles. The van der Waals surface area contributed by atoms with Crippen LogP contribution in [0, 0.1) is 12.3 Å². The number of carbonyl (C=O) groups excluding carboxylic acids is 1. The van der Waals surface area contributed by atoms with E-state index in [1.165, 1.54) is 4.90 Å². The highest BCUT2D eigenvalue weighted by atomic mass is 35.5. The van der Waals surface area contributed by atoms with Gasteiger partial charge in [0.05, 0.1) is 12.6 Å². The van der Waals surface area contributed by atoms with E-state index in [1.54, 1.807) is 6.07 Å². The zero-order chi connectivity index (χ0) is 13.6. The minimum Gasteiger partial charge on any atom is -0.468 e. The van der Waals surface area contributed by atoms with Crippen LogP contribution < -0.4 is 10.1 Å². The number of hydrogen-bond donors (Lipinski definition) is 1. The van der Waals surface area contributed by atoms with Gasteiger partial charge in [0, 0.05) is 17.0 Å². The maximum Gasteiger partial charge on any atom is 0.321 e. The van der Waals surface area contributed by atoms with Gasteiger partial charge in [-0.25, -0.2) is 4.79 Å². The third-order valence-corrected chi connectivity index (χ3v) is 3.97. The maximum atomic E-state index is 12.1. The van der Waals surface area contributed by atoms with Crippen LogP contribution in [0.3, 0.4) is 0 Å². The molecule has 2 aliphatic heterocycles. The van der Waals surface area contributed by atoms with Gasteiger partial charge >= 0.3 is 6.03 Å². The van der Waals surface area contributed by atoms with Gasteiger partial charge in [0.2, 0.25) is 0 Å². The first-order chi connectivity index (χ1) is 9.05. The lowest BCUT2D eigenvalue weighted by Gasteiger charge is -2.50. The van der Waals surface area contributed by atoms with Crippen molar-refractivity contribution >= 4 is 17.6 Å². The van der Waals surface area contributed by atoms with Gasteiger partial charge in [-0.3, -0.25) is 4.90 Å². The molecular weight excluding hydrogens is 264 g/mol. The highest BCUT2D eigenvalue weighted by molar-refractivity contribution is 6.31. The van der Waals surface area contributed by atoms with Crippen molar-refractivity contribution < 1.29 is 9.53 Å². The highest BCUT2D eigenvalue weighted by Crippen LogP contribution is 2.46. The molecule has 0 radical (unpaired) electrons. The minimum absolute atomic E-state index is 0.135. The normalized spacial score (nSPS) is 27.9. The van der Waals surface area contributed by atoms with Crippen LogP contribution in [0.1, 0.15) is 24.9 Å². The summed E-state index contributed by atoms with van der Waals surface area (Å²) >= 11 is 6.20. The third-order valence-electron chi connectivity index (χ3n) is 3.64. The van der Waals surface area contributed by atoms with E-state index in [0.717, 1.165) is 5.56 Å². The van der Waals surface area contributed by atoms with Crippen LogP contribution >= 0.6 is 11.6 Å². The molecule has 1 N–H and O–H groups in total. The van der Waals surface area contributed by atoms with Gasteiger partial charge in [-0.2, -0.15) is 0 Å². The van der Waals surface area contributed by atoms with Crippen LogP contribution in [0.2, 0.25) is 5.02 Å². The first-order valence-electron chi connectivity index (χ1n) is 6.04. The number of urea groups is 1. The molecule has 2 heterocycles. The number of benzene rings is 1. The van der Waals surface area contributed by atoms with Crippen molar-refractivity contribution in [1.29, 1.82) is 0 Å². The molecule has 1 aromatic carbocycles. The van der Waals surface area contributed by atoms with Crippen molar-refractivity contribution in [3.63, 3.8) is 0 Å². The van der Waals surface area contributed by atoms with Crippen molar-refractivity contribution in [3.8, 4) is 18.1 Å². The first-order valence-corrected chi connectivity index (χ1v) is 6.42. The van der Waals surface area contributed by atoms with Crippen LogP contribution in [-0.2, 0) is 0 Å². The van der Waals surface area contributed by atoms with E-state index >= 15 is 0 Å². The molecule has 3 rings (SSSR count). The van der Waals surface area contributed by atoms with Crippen LogP contribution in [0.15, 0.2) is 18.2 Å². The molecule has 0 aromatic heterocycles. The molecule has 2 amide bonds. The van der Waals surface area contributed by atoms with E-state index < -0.39 is 5.72 Å². The fourth-order valence-electron chi connectivity index (χ4n) is 2.76. The van der Waals surface area contributed by atoms with Gasteiger partial charge in [0.25, 0.3) is 0 Å². The fourth-order valence-corrected chi connectivity index (χ4v) is 3.06. The number of amides is 2. The van der Waals surface area contributed by atoms with E-state index in [1.807, 2.05) is 19.1 Å². The molecule has 2 aliphatic rings. The Hall–Kier alpha value is -1.86. The average Bonchev–Trinajstić information content (AvgIpc) is 2.33. The Balaban J connectivity index is 2.08. The summed E-state index contributed by atoms with van der Waals surface area (Å²) in [7, 11) is 0. The SMILES string of the molecule is C#CCN1C(=O)NC2CC1(C)Oc1cccc(Cl)c12. The van der Waals surface area contributed by atoms with E-state index in [4.69, 9.17) is 22.8 Å². The van der Waals surface area contributed by atoms with Gasteiger partial charge in [-0.05, 0) is 19.1 Å². The monoisotopic (exact) mass is 276 g/mol. The molecule has 2 bridgehead atoms. The van der Waals surface area contributed by atoms with Crippen molar-refractivity contribution in [2.75, 3.05) is 6.54 Å². The second-order valence-electron chi connectivity index (χ2n) is 4.93. The molecule has 1 aromatic rings. The molecule has 2 atom stereocenters. The molecule has 2 unspecified atom stereocenters. The Morgan fingerprint density at radius 2 is 2.47 bits per heavy atom. The summed E-state index contributed by atoms with van der Waals surface area (Å²) in [6.07, 6.45) is 5.94. The molecule has 0 saturated carbocycles. The van der Waals surface area contributed by atoms with Gasteiger partial charge in [0.15, 0.2) is 5.72 Å². The lowest BCUT2D eigenvalue weighted by molar-refractivity contribution is -0.0779. The van der Waals surface area contributed by atoms with Gasteiger partial charge in [-0.1, -0.05) is 23.6 Å². The molecule has 0 aliphatic carbocycles. The number of terminal acetylenes is 1. The molecule has 1 fully saturated rings. The molecule has 0 spiro atoms. The Labute approximate surface area is 116 Å². The Bertz CT molecular complexity index is 596. The van der Waals surface area contributed by atoms with E-state index in [2.05, 4.69) is 11.2 Å². The molecule has 98 valence electrons. The summed E-state index contributed by atoms with van der Waals surface area (Å²) < 4.78 is 5.99. The lowest BCUT2D eigenvalue weighted by Crippen LogP contribution is -2.64. The average molecular weight is 277 g/mol. The Morgan fingerprint density at radius 3 is 3.21 bits per heavy atom. The fraction of sp³-hybridized carbons (Fsp3) is 0.357. The third kappa shape index (κ3) is 1.73. The topological polar surface area (TPSA) is 41.6 Å². The van der Waals surface area contributed by atoms with Crippen LogP contribution in [-0.4, -0.2) is 23.2 Å². The first kappa shape index (κ1) is 12.2. The number of halogens is 1. The van der Waals surface area contributed by atoms with Gasteiger partial charge in [-0.15, -0.1) is 6.42 Å². The number of carbonyl (C=O) groups is 1. The Kier molecular flexibility index (Phi) is 2.61. The molecular formula is C14H13ClN2O2. The number of nitrogens with zero attached hydrogens (tertiary/aromatic N) is 1. The van der Waals surface area contributed by atoms with Crippen molar-refractivity contribution in [1.82, 2.24) is 10.2 Å². The number of fused-ring (bicyclic) bond motifs is 4. The van der Waals surface area contributed by atoms with Crippen molar-refractivity contribution in [3.05, 3.63) is 28.8 Å². The standard InChI is InChI=1S/C14H13ClN2O2/c1-3-7-17-13(18)16-10-8-14(17,2)19-11-6-4-5-9(15)12(10)11/h1,4-6,10H,7-8H2,2H3,(H,16,18). The highest BCUT2D eigenvalue weighted by Gasteiger charge is 2.49. The second kappa shape index (κ2) is 4.07. The van der Waals surface area contributed by atoms with E-state index in [0.29, 0.717) is 17.2 Å². The van der Waals surface area contributed by atoms with E-state index in [-0.39, 0.29) is 18.6 Å². The summed E-state index contributed by atoms with van der Waals surface area (Å²) in [5.74, 6) is 3.19. The van der Waals surface area contributed by atoms with Crippen molar-refractivity contribution in [2.45, 2.75) is 25.1 Å². The summed E-state index contributed by atoms with van der Waals surface area (Å²) in [4.78, 5) is 13.7. The number of nitrogens with one attached hydrogen (secondary N) is 1. The second-order valence-corrected chi connectivity index (χ2v) is 5.33. The summed E-state index contributed by atoms with van der Waals surface area (Å²) in [6, 6.07) is 5.13. The van der Waals surface area contributed by atoms with Gasteiger partial charge in [0.1, 0.15) is 5.75 Å².